The van der Waals surface area contributed by atoms with Gasteiger partial charge in [0.2, 0.25) is 0 Å². The number of hydrogen-bond acceptors (Lipinski definition) is 4. The molecule has 0 unspecified atom stereocenters. The molecule has 6 nitrogen and oxygen atoms in total. The van der Waals surface area contributed by atoms with Crippen molar-refractivity contribution in [2.75, 3.05) is 13.2 Å². The van der Waals surface area contributed by atoms with Crippen molar-refractivity contribution in [3.8, 4) is 99.8 Å². The van der Waals surface area contributed by atoms with Crippen LogP contribution < -0.4 is 0 Å². The number of para-hydroxylation sites is 2. The second-order valence-electron chi connectivity index (χ2n) is 39.8. The number of hydrogen-bond donors (Lipinski definition) is 2. The van der Waals surface area contributed by atoms with Crippen molar-refractivity contribution in [2.45, 2.75) is 250 Å². The summed E-state index contributed by atoms with van der Waals surface area (Å²) < 4.78 is 15.2. The van der Waals surface area contributed by atoms with Gasteiger partial charge in [0.1, 0.15) is 10.0 Å². The fraction of sp³-hybridized carbons (Fsp3) is 0.328. The van der Waals surface area contributed by atoms with Gasteiger partial charge in [-0.2, -0.15) is 49.2 Å². The van der Waals surface area contributed by atoms with Crippen LogP contribution in [-0.2, 0) is 25.8 Å². The van der Waals surface area contributed by atoms with E-state index in [0.717, 1.165) is 89.8 Å². The summed E-state index contributed by atoms with van der Waals surface area (Å²) in [5.74, 6) is 6.48. The molecule has 0 spiro atoms. The number of nitrogens with zero attached hydrogens (tertiary/aromatic N) is 2. The van der Waals surface area contributed by atoms with Crippen LogP contribution in [0.15, 0.2) is 241 Å². The number of unbranched alkanes of at least 4 members (excludes halogenated alkanes) is 1. The molecule has 131 heavy (non-hydrogen) atoms. The van der Waals surface area contributed by atoms with Gasteiger partial charge in [-0.05, 0) is 243 Å². The fourth-order valence-electron chi connectivity index (χ4n) is 18.9. The summed E-state index contributed by atoms with van der Waals surface area (Å²) in [6, 6.07) is 84.4. The zero-order valence-electron chi connectivity index (χ0n) is 82.3. The van der Waals surface area contributed by atoms with Crippen LogP contribution in [0.5, 0.6) is 23.0 Å². The van der Waals surface area contributed by atoms with Crippen LogP contribution in [0.2, 0.25) is 0 Å². The number of benzene rings is 12. The molecule has 16 aromatic rings. The van der Waals surface area contributed by atoms with E-state index in [1.807, 2.05) is 72.8 Å². The Hall–Kier alpha value is -10.5. The first-order valence-corrected chi connectivity index (χ1v) is 49.7. The molecule has 0 amide bonds. The normalized spacial score (nSPS) is 11.9. The molecule has 4 N–H and O–H groups in total. The molecule has 0 saturated carbocycles. The standard InChI is InChI=1S/C108H124N2O4S2.2C7H7.Hf/c1-59(2)75-49-81(63(9)10)101(82(50-75)64(11)12)71-35-39-95-89(45-71)90-46-72(102-83(65(13)14)51-76(60(3)4)52-84(102)66(15)16)36-40-96(90)109(95)107-105(111)93(57-115-107)79-31-25-27-33-99(79)113-43-29-30-44-114-100-34-28-26-32-80(100)94-58-116-108(106(94)112)110-97-41-37-73(103-85(67(17)18)53-77(61(5)6)54-86(103)68(19)20)47-91(97)92-48-74(38-42-98(92)110)104-87(69(21)22)55-78(62(7)8)56-88(104)70(23)24;2*1-7-5-3-2-4-6-7;/h25-28,31-42,45-70,111-112H,29-30,43-44H2,1-24H3;2*2-6H,1H2;/q;2*-1;/p+2. The SMILES string of the molecule is CC(C)c1cc(C(C)C)c(-c2ccc3c(c2)c2cc(-c4c(C(C)C)cc(C(C)C)cc4C(C)C)ccc2n3-c2scc(-c3ccccc3[OH+]CCCC[OH+]c3ccccc3-c3csc(-n4c5ccc(-c6c(C(C)C)cc(C(C)C)cc6C(C)C)cc5c5cc(-c6c(C(C)C)cc(C(C)C)cc6C(C)C)ccc54)c3O)c2O)c(C(C)C)c1.[CH2-]c1ccccc1.[CH2-]c1ccccc1.[Hf]. The summed E-state index contributed by atoms with van der Waals surface area (Å²) in [5, 5.41) is 36.3. The quantitative estimate of drug-likeness (QED) is 0.0233. The van der Waals surface area contributed by atoms with E-state index >= 15 is 0 Å². The van der Waals surface area contributed by atoms with E-state index in [2.05, 4.69) is 358 Å². The van der Waals surface area contributed by atoms with E-state index in [4.69, 9.17) is 9.47 Å². The maximum Gasteiger partial charge on any atom is 0.262 e. The molecular formula is C122H140HfN2O4S2. The molecule has 0 aliphatic carbocycles. The summed E-state index contributed by atoms with van der Waals surface area (Å²) in [6.07, 6.45) is 1.63. The number of rotatable bonds is 27. The number of fused-ring (bicyclic) bond motifs is 6. The van der Waals surface area contributed by atoms with E-state index in [0.29, 0.717) is 84.2 Å². The van der Waals surface area contributed by atoms with E-state index in [1.165, 1.54) is 133 Å². The summed E-state index contributed by atoms with van der Waals surface area (Å²) in [6.45, 7) is 64.5. The van der Waals surface area contributed by atoms with Crippen LogP contribution in [0.3, 0.4) is 0 Å². The largest absolute Gasteiger partial charge is 0.582 e. The molecule has 12 aromatic carbocycles. The molecule has 0 saturated heterocycles. The molecule has 0 aliphatic rings. The van der Waals surface area contributed by atoms with Gasteiger partial charge >= 0.3 is 0 Å². The maximum absolute atomic E-state index is 12.9. The van der Waals surface area contributed by atoms with Crippen molar-refractivity contribution in [2.24, 2.45) is 0 Å². The van der Waals surface area contributed by atoms with Crippen LogP contribution in [0, 0.1) is 13.8 Å². The predicted octanol–water partition coefficient (Wildman–Crippen LogP) is 36.6. The zero-order chi connectivity index (χ0) is 93.1. The average Bonchev–Trinajstić information content (AvgIpc) is 1.58. The maximum atomic E-state index is 12.9. The molecular weight excluding hydrogens is 1800 g/mol. The van der Waals surface area contributed by atoms with Gasteiger partial charge in [0.25, 0.3) is 11.5 Å². The molecule has 0 radical (unpaired) electrons. The van der Waals surface area contributed by atoms with Gasteiger partial charge in [-0.1, -0.05) is 275 Å². The summed E-state index contributed by atoms with van der Waals surface area (Å²) in [4.78, 5) is 0. The molecule has 0 aliphatic heterocycles. The van der Waals surface area contributed by atoms with Gasteiger partial charge in [-0.15, -0.1) is 46.9 Å². The van der Waals surface area contributed by atoms with Crippen molar-refractivity contribution in [3.05, 3.63) is 333 Å². The van der Waals surface area contributed by atoms with Crippen LogP contribution in [-0.4, -0.2) is 42.0 Å². The number of ether oxygens (including phenoxy) is 2. The van der Waals surface area contributed by atoms with Gasteiger partial charge in [0, 0.05) is 94.2 Å². The Morgan fingerprint density at radius 1 is 0.267 bits per heavy atom. The van der Waals surface area contributed by atoms with Gasteiger partial charge in [0.15, 0.2) is 24.7 Å². The summed E-state index contributed by atoms with van der Waals surface area (Å²) in [7, 11) is 0. The number of aliphatic hydroxyl groups is 2. The minimum atomic E-state index is 0. The van der Waals surface area contributed by atoms with E-state index in [1.54, 1.807) is 22.7 Å². The molecule has 4 aromatic heterocycles. The van der Waals surface area contributed by atoms with E-state index in [-0.39, 0.29) is 37.3 Å². The topological polar surface area (TPSA) is 75.9 Å². The molecule has 9 heteroatoms. The Morgan fingerprint density at radius 3 is 0.695 bits per heavy atom. The van der Waals surface area contributed by atoms with Gasteiger partial charge < -0.3 is 19.7 Å². The fourth-order valence-corrected chi connectivity index (χ4v) is 20.9. The molecule has 16 rings (SSSR count). The Bertz CT molecular complexity index is 5910. The van der Waals surface area contributed by atoms with Gasteiger partial charge in [0.05, 0.1) is 33.2 Å². The molecule has 0 fully saturated rings. The first-order valence-electron chi connectivity index (χ1n) is 47.9. The smallest absolute Gasteiger partial charge is 0.262 e. The Morgan fingerprint density at radius 2 is 0.489 bits per heavy atom. The first kappa shape index (κ1) is 98.0. The third kappa shape index (κ3) is 20.7. The second-order valence-corrected chi connectivity index (χ2v) is 41.6. The Balaban J connectivity index is 0.000000890. The molecule has 678 valence electrons. The summed E-state index contributed by atoms with van der Waals surface area (Å²) in [5.41, 5.74) is 36.6. The zero-order valence-corrected chi connectivity index (χ0v) is 87.5. The van der Waals surface area contributed by atoms with Crippen LogP contribution in [0.4, 0.5) is 0 Å². The third-order valence-corrected chi connectivity index (χ3v) is 28.2. The van der Waals surface area contributed by atoms with Crippen LogP contribution in [0.25, 0.3) is 120 Å². The van der Waals surface area contributed by atoms with Crippen LogP contribution >= 0.6 is 22.7 Å². The molecule has 4 heterocycles. The van der Waals surface area contributed by atoms with E-state index < -0.39 is 0 Å². The van der Waals surface area contributed by atoms with Gasteiger partial charge in [-0.25, -0.2) is 0 Å². The van der Waals surface area contributed by atoms with E-state index in [9.17, 15) is 10.2 Å². The van der Waals surface area contributed by atoms with Crippen molar-refractivity contribution in [1.82, 2.24) is 9.13 Å². The van der Waals surface area contributed by atoms with Crippen molar-refractivity contribution >= 4 is 66.3 Å². The Kier molecular flexibility index (Phi) is 31.5. The van der Waals surface area contributed by atoms with Crippen molar-refractivity contribution in [3.63, 3.8) is 0 Å². The van der Waals surface area contributed by atoms with Crippen molar-refractivity contribution < 1.29 is 45.5 Å². The van der Waals surface area contributed by atoms with Gasteiger partial charge in [-0.3, -0.25) is 9.13 Å². The number of aromatic hydroxyl groups is 4. The first-order chi connectivity index (χ1) is 62.1. The minimum Gasteiger partial charge on any atom is -0.582 e. The molecule has 0 bridgehead atoms. The summed E-state index contributed by atoms with van der Waals surface area (Å²) >= 11 is 3.17. The van der Waals surface area contributed by atoms with Crippen molar-refractivity contribution in [1.29, 1.82) is 0 Å². The number of aromatic nitrogens is 2. The monoisotopic (exact) mass is 1940 g/mol. The van der Waals surface area contributed by atoms with Crippen LogP contribution in [0.1, 0.15) is 328 Å². The third-order valence-electron chi connectivity index (χ3n) is 26.3. The second kappa shape index (κ2) is 42.1. The predicted molar refractivity (Wildman–Crippen MR) is 566 cm³/mol. The minimum absolute atomic E-state index is 0. The Labute approximate surface area is 810 Å². The average molecular weight is 1940 g/mol. The number of thiophene rings is 2. The molecule has 0 atom stereocenters.